The quantitative estimate of drug-likeness (QED) is 0.868. The van der Waals surface area contributed by atoms with Gasteiger partial charge in [0.2, 0.25) is 0 Å². The highest BCUT2D eigenvalue weighted by atomic mass is 19.2. The Morgan fingerprint density at radius 3 is 2.38 bits per heavy atom. The average Bonchev–Trinajstić information content (AvgIpc) is 2.52. The Bertz CT molecular complexity index is 644. The summed E-state index contributed by atoms with van der Waals surface area (Å²) in [5.74, 6) is -3.22. The lowest BCUT2D eigenvalue weighted by molar-refractivity contribution is 0.0594. The van der Waals surface area contributed by atoms with Crippen molar-refractivity contribution in [3.8, 4) is 0 Å². The van der Waals surface area contributed by atoms with Crippen LogP contribution in [0.3, 0.4) is 0 Å². The van der Waals surface area contributed by atoms with Crippen molar-refractivity contribution >= 4 is 11.7 Å². The van der Waals surface area contributed by atoms with E-state index in [1.165, 1.54) is 12.1 Å². The zero-order valence-electron chi connectivity index (χ0n) is 11.7. The molecule has 0 fully saturated rings. The predicted molar refractivity (Wildman–Crippen MR) is 76.2 cm³/mol. The first kappa shape index (κ1) is 15.0. The molecule has 0 spiro atoms. The summed E-state index contributed by atoms with van der Waals surface area (Å²) in [6.45, 7) is 1.83. The minimum atomic E-state index is -1.22. The monoisotopic (exact) mass is 291 g/mol. The molecular weight excluding hydrogens is 276 g/mol. The summed E-state index contributed by atoms with van der Waals surface area (Å²) in [7, 11) is 1.11. The van der Waals surface area contributed by atoms with Crippen molar-refractivity contribution in [2.24, 2.45) is 0 Å². The third-order valence-electron chi connectivity index (χ3n) is 3.16. The van der Waals surface area contributed by atoms with Gasteiger partial charge in [0.25, 0.3) is 0 Å². The summed E-state index contributed by atoms with van der Waals surface area (Å²) in [6, 6.07) is 11.7. The molecule has 5 heteroatoms. The average molecular weight is 291 g/mol. The van der Waals surface area contributed by atoms with Gasteiger partial charge >= 0.3 is 5.97 Å². The zero-order valence-corrected chi connectivity index (χ0v) is 11.7. The Labute approximate surface area is 121 Å². The van der Waals surface area contributed by atoms with Crippen molar-refractivity contribution in [3.05, 3.63) is 65.2 Å². The minimum Gasteiger partial charge on any atom is -0.465 e. The highest BCUT2D eigenvalue weighted by molar-refractivity contribution is 5.90. The maximum atomic E-state index is 14.0. The van der Waals surface area contributed by atoms with E-state index in [4.69, 9.17) is 0 Å². The molecule has 2 aromatic carbocycles. The molecule has 21 heavy (non-hydrogen) atoms. The highest BCUT2D eigenvalue weighted by Gasteiger charge is 2.20. The lowest BCUT2D eigenvalue weighted by atomic mass is 10.1. The maximum Gasteiger partial charge on any atom is 0.340 e. The van der Waals surface area contributed by atoms with Crippen LogP contribution in [0, 0.1) is 11.6 Å². The topological polar surface area (TPSA) is 38.3 Å². The number of benzene rings is 2. The number of hydrogen-bond acceptors (Lipinski definition) is 3. The molecule has 0 heterocycles. The van der Waals surface area contributed by atoms with Gasteiger partial charge in [0.1, 0.15) is 0 Å². The summed E-state index contributed by atoms with van der Waals surface area (Å²) in [4.78, 5) is 11.3. The molecule has 0 aromatic heterocycles. The second-order valence-electron chi connectivity index (χ2n) is 4.56. The van der Waals surface area contributed by atoms with Gasteiger partial charge in [-0.1, -0.05) is 30.3 Å². The third kappa shape index (κ3) is 3.18. The van der Waals surface area contributed by atoms with Crippen LogP contribution >= 0.6 is 0 Å². The molecule has 1 unspecified atom stereocenters. The molecule has 0 aliphatic heterocycles. The number of rotatable bonds is 4. The molecule has 1 N–H and O–H groups in total. The van der Waals surface area contributed by atoms with Gasteiger partial charge in [-0.2, -0.15) is 0 Å². The van der Waals surface area contributed by atoms with E-state index < -0.39 is 23.2 Å². The van der Waals surface area contributed by atoms with E-state index in [0.29, 0.717) is 0 Å². The van der Waals surface area contributed by atoms with Crippen molar-refractivity contribution < 1.29 is 18.3 Å². The number of esters is 1. The molecule has 0 amide bonds. The molecule has 0 bridgehead atoms. The number of halogens is 2. The molecule has 2 rings (SSSR count). The van der Waals surface area contributed by atoms with E-state index in [1.807, 2.05) is 37.3 Å². The fraction of sp³-hybridized carbons (Fsp3) is 0.188. The Balaban J connectivity index is 2.26. The van der Waals surface area contributed by atoms with Crippen LogP contribution in [0.2, 0.25) is 0 Å². The number of methoxy groups -OCH3 is 1. The number of ether oxygens (including phenoxy) is 1. The lowest BCUT2D eigenvalue weighted by Crippen LogP contribution is -2.11. The zero-order chi connectivity index (χ0) is 15.4. The Kier molecular flexibility index (Phi) is 4.52. The molecule has 110 valence electrons. The van der Waals surface area contributed by atoms with Gasteiger partial charge in [-0.15, -0.1) is 0 Å². The largest absolute Gasteiger partial charge is 0.465 e. The molecular formula is C16H15F2NO2. The van der Waals surface area contributed by atoms with Gasteiger partial charge in [0.05, 0.1) is 18.4 Å². The van der Waals surface area contributed by atoms with Crippen molar-refractivity contribution in [2.75, 3.05) is 12.4 Å². The third-order valence-corrected chi connectivity index (χ3v) is 3.16. The SMILES string of the molecule is COC(=O)c1ccc(NC(C)c2ccccc2)c(F)c1F. The van der Waals surface area contributed by atoms with Crippen LogP contribution in [0.4, 0.5) is 14.5 Å². The standard InChI is InChI=1S/C16H15F2NO2/c1-10(11-6-4-3-5-7-11)19-13-9-8-12(16(20)21-2)14(17)15(13)18/h3-10,19H,1-2H3. The fourth-order valence-electron chi connectivity index (χ4n) is 1.99. The molecule has 0 saturated heterocycles. The van der Waals surface area contributed by atoms with Crippen LogP contribution in [-0.2, 0) is 4.74 Å². The Morgan fingerprint density at radius 2 is 1.76 bits per heavy atom. The Morgan fingerprint density at radius 1 is 1.10 bits per heavy atom. The van der Waals surface area contributed by atoms with Gasteiger partial charge in [-0.3, -0.25) is 0 Å². The van der Waals surface area contributed by atoms with Crippen LogP contribution in [0.1, 0.15) is 28.9 Å². The van der Waals surface area contributed by atoms with Crippen LogP contribution in [0.5, 0.6) is 0 Å². The van der Waals surface area contributed by atoms with E-state index in [-0.39, 0.29) is 11.7 Å². The summed E-state index contributed by atoms with van der Waals surface area (Å²) in [5, 5.41) is 2.88. The molecule has 2 aromatic rings. The van der Waals surface area contributed by atoms with E-state index in [1.54, 1.807) is 0 Å². The highest BCUT2D eigenvalue weighted by Crippen LogP contribution is 2.25. The smallest absolute Gasteiger partial charge is 0.340 e. The molecule has 0 aliphatic carbocycles. The number of hydrogen-bond donors (Lipinski definition) is 1. The van der Waals surface area contributed by atoms with Gasteiger partial charge in [-0.25, -0.2) is 13.6 Å². The molecule has 0 aliphatic rings. The number of anilines is 1. The van der Waals surface area contributed by atoms with Crippen molar-refractivity contribution in [1.29, 1.82) is 0 Å². The Hall–Kier alpha value is -2.43. The van der Waals surface area contributed by atoms with Crippen molar-refractivity contribution in [1.82, 2.24) is 0 Å². The van der Waals surface area contributed by atoms with Gasteiger partial charge in [-0.05, 0) is 24.6 Å². The van der Waals surface area contributed by atoms with E-state index in [9.17, 15) is 13.6 Å². The van der Waals surface area contributed by atoms with Gasteiger partial charge < -0.3 is 10.1 Å². The molecule has 0 radical (unpaired) electrons. The molecule has 3 nitrogen and oxygen atoms in total. The summed E-state index contributed by atoms with van der Waals surface area (Å²) >= 11 is 0. The minimum absolute atomic E-state index is 0.00324. The first-order valence-electron chi connectivity index (χ1n) is 6.42. The van der Waals surface area contributed by atoms with E-state index in [2.05, 4.69) is 10.1 Å². The second-order valence-corrected chi connectivity index (χ2v) is 4.56. The summed E-state index contributed by atoms with van der Waals surface area (Å²) in [6.07, 6.45) is 0. The normalized spacial score (nSPS) is 11.8. The van der Waals surface area contributed by atoms with E-state index in [0.717, 1.165) is 12.7 Å². The van der Waals surface area contributed by atoms with E-state index >= 15 is 0 Å². The first-order chi connectivity index (χ1) is 10.0. The second kappa shape index (κ2) is 6.35. The lowest BCUT2D eigenvalue weighted by Gasteiger charge is -2.17. The molecule has 1 atom stereocenters. The number of nitrogens with one attached hydrogen (secondary N) is 1. The van der Waals surface area contributed by atoms with Crippen molar-refractivity contribution in [2.45, 2.75) is 13.0 Å². The van der Waals surface area contributed by atoms with Crippen molar-refractivity contribution in [3.63, 3.8) is 0 Å². The molecule has 0 saturated carbocycles. The van der Waals surface area contributed by atoms with Crippen LogP contribution in [-0.4, -0.2) is 13.1 Å². The first-order valence-corrected chi connectivity index (χ1v) is 6.42. The van der Waals surface area contributed by atoms with Crippen LogP contribution in [0.15, 0.2) is 42.5 Å². The predicted octanol–water partition coefficient (Wildman–Crippen LogP) is 3.92. The summed E-state index contributed by atoms with van der Waals surface area (Å²) < 4.78 is 32.2. The summed E-state index contributed by atoms with van der Waals surface area (Å²) in [5.41, 5.74) is 0.513. The number of carbonyl (C=O) groups excluding carboxylic acids is 1. The van der Waals surface area contributed by atoms with Gasteiger partial charge in [0.15, 0.2) is 11.6 Å². The van der Waals surface area contributed by atoms with Crippen LogP contribution in [0.25, 0.3) is 0 Å². The van der Waals surface area contributed by atoms with Crippen LogP contribution < -0.4 is 5.32 Å². The fourth-order valence-corrected chi connectivity index (χ4v) is 1.99. The van der Waals surface area contributed by atoms with Gasteiger partial charge in [0, 0.05) is 6.04 Å². The number of carbonyl (C=O) groups is 1. The maximum absolute atomic E-state index is 14.0.